The number of sulfonamides is 1. The molecule has 0 aromatic heterocycles. The van der Waals surface area contributed by atoms with Gasteiger partial charge in [-0.15, -0.1) is 0 Å². The van der Waals surface area contributed by atoms with Gasteiger partial charge in [-0.3, -0.25) is 0 Å². The Morgan fingerprint density at radius 3 is 2.57 bits per heavy atom. The molecule has 1 aromatic rings. The molecule has 0 aliphatic rings. The van der Waals surface area contributed by atoms with E-state index in [0.717, 1.165) is 25.7 Å². The Bertz CT molecular complexity index is 546. The van der Waals surface area contributed by atoms with Crippen molar-refractivity contribution in [3.63, 3.8) is 0 Å². The summed E-state index contributed by atoms with van der Waals surface area (Å²) in [4.78, 5) is 0.250. The molecule has 1 rings (SSSR count). The van der Waals surface area contributed by atoms with E-state index in [4.69, 9.17) is 4.74 Å². The Hall–Kier alpha value is -0.590. The summed E-state index contributed by atoms with van der Waals surface area (Å²) in [5.41, 5.74) is 0. The van der Waals surface area contributed by atoms with Gasteiger partial charge in [-0.1, -0.05) is 33.1 Å². The fourth-order valence-electron chi connectivity index (χ4n) is 2.07. The van der Waals surface area contributed by atoms with Gasteiger partial charge in [0.1, 0.15) is 5.75 Å². The molecule has 4 nitrogen and oxygen atoms in total. The molecular formula is C15H24BrNO3S. The summed E-state index contributed by atoms with van der Waals surface area (Å²) in [6, 6.07) is 4.76. The Balaban J connectivity index is 2.74. The highest BCUT2D eigenvalue weighted by Crippen LogP contribution is 2.27. The molecule has 0 aliphatic heterocycles. The minimum Gasteiger partial charge on any atom is -0.496 e. The second-order valence-corrected chi connectivity index (χ2v) is 7.69. The number of unbranched alkanes of at least 4 members (excludes halogenated alkanes) is 1. The van der Waals surface area contributed by atoms with Crippen molar-refractivity contribution < 1.29 is 13.2 Å². The van der Waals surface area contributed by atoms with Crippen LogP contribution < -0.4 is 9.46 Å². The summed E-state index contributed by atoms with van der Waals surface area (Å²) in [5, 5.41) is 0. The van der Waals surface area contributed by atoms with Crippen LogP contribution in [0.5, 0.6) is 5.75 Å². The van der Waals surface area contributed by atoms with Crippen molar-refractivity contribution in [2.75, 3.05) is 13.7 Å². The van der Waals surface area contributed by atoms with Crippen molar-refractivity contribution in [3.8, 4) is 5.75 Å². The second kappa shape index (κ2) is 8.76. The van der Waals surface area contributed by atoms with E-state index < -0.39 is 10.0 Å². The van der Waals surface area contributed by atoms with Gasteiger partial charge in [0, 0.05) is 6.54 Å². The average molecular weight is 378 g/mol. The lowest BCUT2D eigenvalue weighted by Crippen LogP contribution is -2.29. The van der Waals surface area contributed by atoms with Gasteiger partial charge in [0.2, 0.25) is 10.0 Å². The topological polar surface area (TPSA) is 55.4 Å². The van der Waals surface area contributed by atoms with Crippen LogP contribution in [-0.4, -0.2) is 22.1 Å². The molecule has 0 amide bonds. The van der Waals surface area contributed by atoms with Crippen molar-refractivity contribution in [1.29, 1.82) is 0 Å². The molecule has 0 radical (unpaired) electrons. The normalized spacial score (nSPS) is 13.1. The highest BCUT2D eigenvalue weighted by Gasteiger charge is 2.17. The standard InChI is InChI=1S/C15H24BrNO3S/c1-4-6-7-12(5-2)11-17-21(18,19)13-8-9-15(20-3)14(16)10-13/h8-10,12,17H,4-7,11H2,1-3H3. The van der Waals surface area contributed by atoms with Crippen molar-refractivity contribution in [2.24, 2.45) is 5.92 Å². The largest absolute Gasteiger partial charge is 0.496 e. The van der Waals surface area contributed by atoms with Crippen LogP contribution in [0.3, 0.4) is 0 Å². The molecule has 1 aromatic carbocycles. The molecule has 0 aliphatic carbocycles. The average Bonchev–Trinajstić information content (AvgIpc) is 2.47. The van der Waals surface area contributed by atoms with Gasteiger partial charge in [-0.25, -0.2) is 13.1 Å². The lowest BCUT2D eigenvalue weighted by atomic mass is 10.00. The zero-order chi connectivity index (χ0) is 15.9. The van der Waals surface area contributed by atoms with Crippen molar-refractivity contribution in [1.82, 2.24) is 4.72 Å². The first-order valence-electron chi connectivity index (χ1n) is 7.27. The van der Waals surface area contributed by atoms with Gasteiger partial charge in [0.25, 0.3) is 0 Å². The maximum atomic E-state index is 12.3. The zero-order valence-corrected chi connectivity index (χ0v) is 15.3. The third-order valence-corrected chi connectivity index (χ3v) is 5.58. The van der Waals surface area contributed by atoms with E-state index in [9.17, 15) is 8.42 Å². The molecule has 0 saturated carbocycles. The molecule has 0 fully saturated rings. The maximum absolute atomic E-state index is 12.3. The Kier molecular flexibility index (Phi) is 7.70. The van der Waals surface area contributed by atoms with Crippen LogP contribution >= 0.6 is 15.9 Å². The highest BCUT2D eigenvalue weighted by atomic mass is 79.9. The van der Waals surface area contributed by atoms with Crippen molar-refractivity contribution in [2.45, 2.75) is 44.4 Å². The van der Waals surface area contributed by atoms with Gasteiger partial charge >= 0.3 is 0 Å². The molecule has 1 unspecified atom stereocenters. The van der Waals surface area contributed by atoms with E-state index in [0.29, 0.717) is 22.7 Å². The predicted molar refractivity (Wildman–Crippen MR) is 89.2 cm³/mol. The van der Waals surface area contributed by atoms with E-state index in [2.05, 4.69) is 34.5 Å². The summed E-state index contributed by atoms with van der Waals surface area (Å²) in [7, 11) is -1.93. The van der Waals surface area contributed by atoms with Gasteiger partial charge in [-0.05, 0) is 46.5 Å². The van der Waals surface area contributed by atoms with E-state index in [1.54, 1.807) is 25.3 Å². The molecular weight excluding hydrogens is 354 g/mol. The molecule has 120 valence electrons. The van der Waals surface area contributed by atoms with Crippen molar-refractivity contribution in [3.05, 3.63) is 22.7 Å². The molecule has 1 N–H and O–H groups in total. The number of hydrogen-bond donors (Lipinski definition) is 1. The number of halogens is 1. The molecule has 1 atom stereocenters. The summed E-state index contributed by atoms with van der Waals surface area (Å²) >= 11 is 3.31. The monoisotopic (exact) mass is 377 g/mol. The van der Waals surface area contributed by atoms with E-state index in [1.165, 1.54) is 0 Å². The zero-order valence-electron chi connectivity index (χ0n) is 12.9. The summed E-state index contributed by atoms with van der Waals surface area (Å²) in [6.07, 6.45) is 4.31. The number of hydrogen-bond acceptors (Lipinski definition) is 3. The van der Waals surface area contributed by atoms with Gasteiger partial charge < -0.3 is 4.74 Å². The lowest BCUT2D eigenvalue weighted by Gasteiger charge is -2.15. The molecule has 0 saturated heterocycles. The smallest absolute Gasteiger partial charge is 0.240 e. The maximum Gasteiger partial charge on any atom is 0.240 e. The predicted octanol–water partition coefficient (Wildman–Crippen LogP) is 3.95. The first kappa shape index (κ1) is 18.5. The molecule has 21 heavy (non-hydrogen) atoms. The van der Waals surface area contributed by atoms with Gasteiger partial charge in [-0.2, -0.15) is 0 Å². The SMILES string of the molecule is CCCCC(CC)CNS(=O)(=O)c1ccc(OC)c(Br)c1. The van der Waals surface area contributed by atoms with Crippen molar-refractivity contribution >= 4 is 26.0 Å². The van der Waals surface area contributed by atoms with Crippen LogP contribution in [0, 0.1) is 5.92 Å². The van der Waals surface area contributed by atoms with Crippen LogP contribution in [0.4, 0.5) is 0 Å². The summed E-state index contributed by atoms with van der Waals surface area (Å²) < 4.78 is 33.1. The Labute approximate surface area is 136 Å². The number of methoxy groups -OCH3 is 1. The number of benzene rings is 1. The van der Waals surface area contributed by atoms with Crippen LogP contribution in [0.2, 0.25) is 0 Å². The minimum absolute atomic E-state index is 0.250. The van der Waals surface area contributed by atoms with E-state index >= 15 is 0 Å². The highest BCUT2D eigenvalue weighted by molar-refractivity contribution is 9.10. The third-order valence-electron chi connectivity index (χ3n) is 3.54. The van der Waals surface area contributed by atoms with E-state index in [-0.39, 0.29) is 4.90 Å². The number of rotatable bonds is 9. The Morgan fingerprint density at radius 1 is 1.33 bits per heavy atom. The lowest BCUT2D eigenvalue weighted by molar-refractivity contribution is 0.411. The molecule has 0 bridgehead atoms. The van der Waals surface area contributed by atoms with Gasteiger partial charge in [0.15, 0.2) is 0 Å². The first-order chi connectivity index (χ1) is 9.94. The minimum atomic E-state index is -3.47. The fourth-order valence-corrected chi connectivity index (χ4v) is 3.90. The number of ether oxygens (including phenoxy) is 1. The quantitative estimate of drug-likeness (QED) is 0.708. The number of nitrogens with one attached hydrogen (secondary N) is 1. The van der Waals surface area contributed by atoms with E-state index in [1.807, 2.05) is 0 Å². The Morgan fingerprint density at radius 2 is 2.05 bits per heavy atom. The molecule has 6 heteroatoms. The summed E-state index contributed by atoms with van der Waals surface area (Å²) in [5.74, 6) is 1.00. The first-order valence-corrected chi connectivity index (χ1v) is 9.55. The fraction of sp³-hybridized carbons (Fsp3) is 0.600. The summed E-state index contributed by atoms with van der Waals surface area (Å²) in [6.45, 7) is 4.73. The second-order valence-electron chi connectivity index (χ2n) is 5.06. The third kappa shape index (κ3) is 5.60. The van der Waals surface area contributed by atoms with Crippen LogP contribution in [-0.2, 0) is 10.0 Å². The molecule has 0 spiro atoms. The van der Waals surface area contributed by atoms with Gasteiger partial charge in [0.05, 0.1) is 16.5 Å². The van der Waals surface area contributed by atoms with Crippen LogP contribution in [0.1, 0.15) is 39.5 Å². The van der Waals surface area contributed by atoms with Crippen LogP contribution in [0.15, 0.2) is 27.6 Å². The van der Waals surface area contributed by atoms with Crippen LogP contribution in [0.25, 0.3) is 0 Å². The molecule has 0 heterocycles.